The Kier molecular flexibility index (Phi) is 16.1. The zero-order valence-corrected chi connectivity index (χ0v) is 31.4. The normalized spacial score (nSPS) is 14.6. The number of nitrogens with zero attached hydrogens (tertiary/aromatic N) is 5. The number of hydrogen-bond acceptors (Lipinski definition) is 12. The van der Waals surface area contributed by atoms with Gasteiger partial charge in [-0.15, -0.1) is 11.8 Å². The van der Waals surface area contributed by atoms with Crippen molar-refractivity contribution in [2.75, 3.05) is 69.3 Å². The second kappa shape index (κ2) is 20.7. The number of aliphatic carboxylic acids is 2. The van der Waals surface area contributed by atoms with Crippen LogP contribution in [0, 0.1) is 6.92 Å². The van der Waals surface area contributed by atoms with Crippen LogP contribution >= 0.6 is 11.8 Å². The molecule has 1 fully saturated rings. The number of nitrogens with one attached hydrogen (secondary N) is 2. The third kappa shape index (κ3) is 12.9. The zero-order chi connectivity index (χ0) is 38.3. The molecule has 2 amide bonds. The molecule has 1 saturated heterocycles. The first-order valence-electron chi connectivity index (χ1n) is 18.1. The highest BCUT2D eigenvalue weighted by molar-refractivity contribution is 8.00. The van der Waals surface area contributed by atoms with Gasteiger partial charge < -0.3 is 46.5 Å². The number of rotatable bonds is 22. The fraction of sp³-hybridized carbons (Fsp3) is 0.556. The van der Waals surface area contributed by atoms with Crippen LogP contribution in [0.4, 0.5) is 11.8 Å². The Balaban J connectivity index is 1.15. The van der Waals surface area contributed by atoms with E-state index in [1.54, 1.807) is 0 Å². The average molecular weight is 756 g/mol. The van der Waals surface area contributed by atoms with Crippen LogP contribution in [0.3, 0.4) is 0 Å². The van der Waals surface area contributed by atoms with Crippen LogP contribution in [0.5, 0.6) is 0 Å². The van der Waals surface area contributed by atoms with Crippen molar-refractivity contribution in [2.45, 2.75) is 70.3 Å². The number of unbranched alkanes of at least 4 members (excludes halogenated alkanes) is 2. The first kappa shape index (κ1) is 41.3. The highest BCUT2D eigenvalue weighted by Gasteiger charge is 2.25. The van der Waals surface area contributed by atoms with E-state index in [9.17, 15) is 24.3 Å². The van der Waals surface area contributed by atoms with Crippen LogP contribution < -0.4 is 22.1 Å². The molecule has 0 spiro atoms. The molecule has 2 aromatic heterocycles. The molecule has 0 aliphatic carbocycles. The van der Waals surface area contributed by atoms with Gasteiger partial charge in [-0.2, -0.15) is 4.98 Å². The third-order valence-electron chi connectivity index (χ3n) is 9.05. The number of nitrogen functional groups attached to an aromatic ring is 1. The second-order valence-corrected chi connectivity index (χ2v) is 14.4. The van der Waals surface area contributed by atoms with Crippen molar-refractivity contribution in [3.63, 3.8) is 0 Å². The largest absolute Gasteiger partial charge is 0.480 e. The molecule has 8 N–H and O–H groups in total. The Morgan fingerprint density at radius 2 is 1.77 bits per heavy atom. The number of carbonyl (C=O) groups is 4. The molecule has 3 heterocycles. The predicted octanol–water partition coefficient (Wildman–Crippen LogP) is 2.13. The summed E-state index contributed by atoms with van der Waals surface area (Å²) < 4.78 is 7.69. The van der Waals surface area contributed by atoms with Crippen molar-refractivity contribution in [3.8, 4) is 0 Å². The minimum Gasteiger partial charge on any atom is -0.480 e. The smallest absolute Gasteiger partial charge is 0.321 e. The molecule has 0 unspecified atom stereocenters. The summed E-state index contributed by atoms with van der Waals surface area (Å²) in [5, 5.41) is 23.1. The molecule has 16 nitrogen and oxygen atoms in total. The molecule has 53 heavy (non-hydrogen) atoms. The number of carboxylic acids is 2. The number of fused-ring (bicyclic) bond motifs is 1. The molecule has 0 bridgehead atoms. The number of carboxylic acid groups (broad SMARTS) is 2. The average Bonchev–Trinajstić information content (AvgIpc) is 3.53. The van der Waals surface area contributed by atoms with Gasteiger partial charge in [0.15, 0.2) is 5.82 Å². The Hall–Kier alpha value is -4.45. The Labute approximate surface area is 314 Å². The maximum absolute atomic E-state index is 12.8. The monoisotopic (exact) mass is 755 g/mol. The van der Waals surface area contributed by atoms with Gasteiger partial charge >= 0.3 is 11.9 Å². The van der Waals surface area contributed by atoms with E-state index in [-0.39, 0.29) is 50.2 Å². The summed E-state index contributed by atoms with van der Waals surface area (Å²) in [4.78, 5) is 60.3. The van der Waals surface area contributed by atoms with E-state index in [0.29, 0.717) is 19.6 Å². The lowest BCUT2D eigenvalue weighted by molar-refractivity contribution is -0.139. The van der Waals surface area contributed by atoms with Crippen molar-refractivity contribution < 1.29 is 34.1 Å². The number of anilines is 2. The van der Waals surface area contributed by atoms with Crippen LogP contribution in [-0.2, 0) is 37.0 Å². The van der Waals surface area contributed by atoms with E-state index in [1.165, 1.54) is 16.7 Å². The van der Waals surface area contributed by atoms with E-state index in [0.717, 1.165) is 74.1 Å². The van der Waals surface area contributed by atoms with Crippen molar-refractivity contribution in [1.29, 1.82) is 0 Å². The minimum atomic E-state index is -1.24. The number of ether oxygens (including phenoxy) is 1. The molecule has 0 saturated carbocycles. The van der Waals surface area contributed by atoms with Gasteiger partial charge in [0, 0.05) is 70.7 Å². The fourth-order valence-corrected chi connectivity index (χ4v) is 7.02. The number of hydrogen-bond donors (Lipinski definition) is 6. The number of benzene rings is 1. The van der Waals surface area contributed by atoms with E-state index < -0.39 is 29.1 Å². The van der Waals surface area contributed by atoms with E-state index >= 15 is 0 Å². The molecule has 17 heteroatoms. The number of aryl methyl sites for hydroxylation is 1. The minimum absolute atomic E-state index is 0.0136. The predicted molar refractivity (Wildman–Crippen MR) is 205 cm³/mol. The molecule has 4 rings (SSSR count). The number of nitrogens with two attached hydrogens (primary N) is 2. The highest BCUT2D eigenvalue weighted by atomic mass is 32.2. The van der Waals surface area contributed by atoms with Gasteiger partial charge in [-0.25, -0.2) is 4.98 Å². The van der Waals surface area contributed by atoms with Gasteiger partial charge in [0.2, 0.25) is 17.8 Å². The van der Waals surface area contributed by atoms with Crippen molar-refractivity contribution >= 4 is 58.3 Å². The summed E-state index contributed by atoms with van der Waals surface area (Å²) in [5.74, 6) is -2.04. The zero-order valence-electron chi connectivity index (χ0n) is 30.6. The number of amides is 2. The van der Waals surface area contributed by atoms with Crippen molar-refractivity contribution in [1.82, 2.24) is 29.7 Å². The molecule has 3 aromatic rings. The molecule has 290 valence electrons. The van der Waals surface area contributed by atoms with Crippen LogP contribution in [0.15, 0.2) is 30.5 Å². The van der Waals surface area contributed by atoms with Gasteiger partial charge in [0.05, 0.1) is 25.2 Å². The first-order chi connectivity index (χ1) is 25.4. The molecule has 0 radical (unpaired) electrons. The van der Waals surface area contributed by atoms with Gasteiger partial charge in [0.1, 0.15) is 16.8 Å². The lowest BCUT2D eigenvalue weighted by atomic mass is 10.0. The van der Waals surface area contributed by atoms with E-state index in [1.807, 2.05) is 17.2 Å². The lowest BCUT2D eigenvalue weighted by Crippen LogP contribution is -2.48. The molecule has 1 aliphatic rings. The van der Waals surface area contributed by atoms with Crippen molar-refractivity contribution in [2.24, 2.45) is 5.73 Å². The van der Waals surface area contributed by atoms with Gasteiger partial charge in [-0.3, -0.25) is 24.1 Å². The van der Waals surface area contributed by atoms with Gasteiger partial charge in [-0.1, -0.05) is 38.0 Å². The Morgan fingerprint density at radius 1 is 1.00 bits per heavy atom. The van der Waals surface area contributed by atoms with E-state index in [4.69, 9.17) is 21.3 Å². The molecule has 1 aliphatic heterocycles. The van der Waals surface area contributed by atoms with E-state index in [2.05, 4.69) is 62.1 Å². The summed E-state index contributed by atoms with van der Waals surface area (Å²) in [5.41, 5.74) is 16.8. The SMILES string of the molecule is CCCCCNc1nc(N)nc2ccn(Cc3ccc(CN4CCN(C(=O)CCOCCNC(=O)C[C@@H](SC[C@H](N)C(=O)O)C(=O)O)CC4)cc3C)c12. The lowest BCUT2D eigenvalue weighted by Gasteiger charge is -2.35. The third-order valence-corrected chi connectivity index (χ3v) is 10.4. The Bertz CT molecular complexity index is 1700. The van der Waals surface area contributed by atoms with Crippen LogP contribution in [-0.4, -0.2) is 128 Å². The summed E-state index contributed by atoms with van der Waals surface area (Å²) in [7, 11) is 0. The maximum atomic E-state index is 12.8. The molecule has 1 aromatic carbocycles. The first-order valence-corrected chi connectivity index (χ1v) is 19.1. The second-order valence-electron chi connectivity index (χ2n) is 13.2. The van der Waals surface area contributed by atoms with Crippen LogP contribution in [0.25, 0.3) is 11.0 Å². The summed E-state index contributed by atoms with van der Waals surface area (Å²) in [6.45, 7) is 9.96. The maximum Gasteiger partial charge on any atom is 0.321 e. The summed E-state index contributed by atoms with van der Waals surface area (Å²) >= 11 is 0.812. The number of piperazine rings is 1. The topological polar surface area (TPSA) is 231 Å². The van der Waals surface area contributed by atoms with Crippen molar-refractivity contribution in [3.05, 3.63) is 47.2 Å². The van der Waals surface area contributed by atoms with Gasteiger partial charge in [0.25, 0.3) is 0 Å². The Morgan fingerprint density at radius 3 is 2.47 bits per heavy atom. The summed E-state index contributed by atoms with van der Waals surface area (Å²) in [6, 6.07) is 7.35. The standard InChI is InChI=1S/C36H53N9O7S/c1-3-4-5-10-40-33-32-28(41-36(38)42-33)8-12-45(32)22-26-7-6-25(19-24(26)2)21-43-13-15-44(16-14-43)31(47)9-17-52-18-11-39-30(46)20-29(35(50)51)53-23-27(37)34(48)49/h6-8,12,19,27,29H,3-5,9-11,13-18,20-23,37H2,1-2H3,(H,39,46)(H,48,49)(H,50,51)(H3,38,40,41,42)/t27-,29+/m0/s1. The number of carbonyl (C=O) groups excluding carboxylic acids is 2. The van der Waals surface area contributed by atoms with Gasteiger partial charge in [-0.05, 0) is 36.1 Å². The number of thioether (sulfide) groups is 1. The highest BCUT2D eigenvalue weighted by Crippen LogP contribution is 2.25. The quantitative estimate of drug-likeness (QED) is 0.0808. The number of aromatic nitrogens is 3. The molecular weight excluding hydrogens is 703 g/mol. The summed E-state index contributed by atoms with van der Waals surface area (Å²) in [6.07, 6.45) is 5.30. The van der Waals surface area contributed by atoms with Crippen LogP contribution in [0.2, 0.25) is 0 Å². The van der Waals surface area contributed by atoms with Crippen LogP contribution in [0.1, 0.15) is 55.7 Å². The fourth-order valence-electron chi connectivity index (χ4n) is 6.02. The molecule has 2 atom stereocenters. The molecular formula is C36H53N9O7S.